The first-order valence-corrected chi connectivity index (χ1v) is 17.7. The molecular formula is C36H50O11. The normalized spacial score (nSPS) is 35.9. The molecule has 5 rings (SSSR count). The van der Waals surface area contributed by atoms with Crippen molar-refractivity contribution in [2.24, 2.45) is 35.5 Å². The molecule has 47 heavy (non-hydrogen) atoms. The Bertz CT molecular complexity index is 1160. The average Bonchev–Trinajstić information content (AvgIpc) is 3.08. The van der Waals surface area contributed by atoms with Crippen molar-refractivity contribution in [1.29, 1.82) is 0 Å². The molecule has 0 bridgehead atoms. The van der Waals surface area contributed by atoms with E-state index in [9.17, 15) is 24.6 Å². The summed E-state index contributed by atoms with van der Waals surface area (Å²) in [6.45, 7) is 0.133. The molecule has 10 unspecified atom stereocenters. The topological polar surface area (TPSA) is 147 Å². The van der Waals surface area contributed by atoms with Gasteiger partial charge in [0.05, 0.1) is 30.5 Å². The fourth-order valence-corrected chi connectivity index (χ4v) is 8.71. The van der Waals surface area contributed by atoms with Gasteiger partial charge in [-0.05, 0) is 95.8 Å². The van der Waals surface area contributed by atoms with Crippen LogP contribution in [0.4, 0.5) is 0 Å². The minimum absolute atomic E-state index is 0.0771. The third-order valence-electron chi connectivity index (χ3n) is 11.3. The standard InChI is InChI=1S/C36H50O11/c1-2-42-26-13-15-30(35(39)40)31(21-26)36(41)46-32-16-17-33(29-11-7-6-10-28(29)32)47-45-22-23-20-25(12-14-27(23)34(37)38)44-19-18-43-24-8-4-3-5-9-24/h1,23-33H,3-17,20-22H2,(H,37,38)(H,39,40). The van der Waals surface area contributed by atoms with Crippen molar-refractivity contribution in [3.8, 4) is 24.7 Å². The molecule has 0 aliphatic heterocycles. The average molecular weight is 659 g/mol. The molecule has 2 N–H and O–H groups in total. The Morgan fingerprint density at radius 2 is 1.21 bits per heavy atom. The summed E-state index contributed by atoms with van der Waals surface area (Å²) < 4.78 is 22.7. The van der Waals surface area contributed by atoms with Crippen LogP contribution in [0, 0.1) is 60.3 Å². The Hall–Kier alpha value is -3.15. The van der Waals surface area contributed by atoms with E-state index in [0.29, 0.717) is 44.9 Å². The summed E-state index contributed by atoms with van der Waals surface area (Å²) in [5.74, 6) is -4.62. The Morgan fingerprint density at radius 3 is 1.89 bits per heavy atom. The van der Waals surface area contributed by atoms with Gasteiger partial charge in [0.1, 0.15) is 30.5 Å². The predicted octanol–water partition coefficient (Wildman–Crippen LogP) is 5.45. The van der Waals surface area contributed by atoms with Crippen LogP contribution >= 0.6 is 0 Å². The van der Waals surface area contributed by atoms with E-state index in [0.717, 1.165) is 51.4 Å². The molecule has 260 valence electrons. The molecule has 0 heterocycles. The van der Waals surface area contributed by atoms with Crippen LogP contribution in [0.2, 0.25) is 0 Å². The lowest BCUT2D eigenvalue weighted by molar-refractivity contribution is -0.352. The first-order chi connectivity index (χ1) is 22.8. The highest BCUT2D eigenvalue weighted by Crippen LogP contribution is 2.44. The molecule has 5 aliphatic rings. The molecule has 0 aromatic heterocycles. The first kappa shape index (κ1) is 35.2. The number of carboxylic acid groups (broad SMARTS) is 2. The van der Waals surface area contributed by atoms with E-state index in [4.69, 9.17) is 35.1 Å². The number of ether oxygens (including phenoxy) is 4. The second-order valence-corrected chi connectivity index (χ2v) is 14.1. The second-order valence-electron chi connectivity index (χ2n) is 14.1. The number of fused-ring (bicyclic) bond motifs is 1. The number of terminal acetylenes is 1. The molecule has 11 nitrogen and oxygen atoms in total. The number of aliphatic carboxylic acids is 2. The van der Waals surface area contributed by atoms with E-state index >= 15 is 0 Å². The monoisotopic (exact) mass is 658 g/mol. The van der Waals surface area contributed by atoms with E-state index in [-0.39, 0.29) is 61.3 Å². The number of hydrogen-bond acceptors (Lipinski definition) is 9. The van der Waals surface area contributed by atoms with Gasteiger partial charge >= 0.3 is 17.9 Å². The predicted molar refractivity (Wildman–Crippen MR) is 167 cm³/mol. The fraction of sp³-hybridized carbons (Fsp3) is 0.806. The molecular weight excluding hydrogens is 608 g/mol. The summed E-state index contributed by atoms with van der Waals surface area (Å²) in [5.41, 5.74) is 0. The minimum Gasteiger partial charge on any atom is -0.481 e. The lowest BCUT2D eigenvalue weighted by atomic mass is 9.68. The molecule has 10 atom stereocenters. The summed E-state index contributed by atoms with van der Waals surface area (Å²) in [6.07, 6.45) is 25.1. The number of carbonyl (C=O) groups excluding carboxylic acids is 1. The van der Waals surface area contributed by atoms with Gasteiger partial charge in [0.2, 0.25) is 0 Å². The van der Waals surface area contributed by atoms with Crippen LogP contribution in [-0.2, 0) is 43.1 Å². The summed E-state index contributed by atoms with van der Waals surface area (Å²) >= 11 is 0. The SMILES string of the molecule is C#COC1CCC(C(=O)O)C(C(=O)OC2CCC(OOCC3CC(OC#COC4CCCCC4)CCC3C(=O)O)C3CCCCC23)C1. The maximum absolute atomic E-state index is 13.4. The number of hydrogen-bond donors (Lipinski definition) is 2. The zero-order valence-corrected chi connectivity index (χ0v) is 27.2. The van der Waals surface area contributed by atoms with Gasteiger partial charge in [0.25, 0.3) is 0 Å². The van der Waals surface area contributed by atoms with Crippen molar-refractivity contribution in [3.63, 3.8) is 0 Å². The van der Waals surface area contributed by atoms with Gasteiger partial charge in [-0.25, -0.2) is 9.78 Å². The summed E-state index contributed by atoms with van der Waals surface area (Å²) in [4.78, 5) is 49.1. The van der Waals surface area contributed by atoms with E-state index in [1.807, 2.05) is 0 Å². The fourth-order valence-electron chi connectivity index (χ4n) is 8.71. The zero-order chi connectivity index (χ0) is 33.2. The lowest BCUT2D eigenvalue weighted by Gasteiger charge is -2.45. The molecule has 5 aliphatic carbocycles. The molecule has 0 amide bonds. The summed E-state index contributed by atoms with van der Waals surface area (Å²) in [5, 5.41) is 19.6. The number of carbonyl (C=O) groups is 3. The van der Waals surface area contributed by atoms with Crippen LogP contribution in [0.15, 0.2) is 0 Å². The van der Waals surface area contributed by atoms with Crippen LogP contribution in [0.5, 0.6) is 0 Å². The highest BCUT2D eigenvalue weighted by molar-refractivity contribution is 5.81. The third kappa shape index (κ3) is 9.48. The maximum Gasteiger partial charge on any atom is 0.310 e. The molecule has 11 heteroatoms. The van der Waals surface area contributed by atoms with Crippen molar-refractivity contribution in [3.05, 3.63) is 0 Å². The van der Waals surface area contributed by atoms with Crippen molar-refractivity contribution in [2.45, 2.75) is 140 Å². The number of rotatable bonds is 11. The molecule has 0 aromatic rings. The largest absolute Gasteiger partial charge is 0.481 e. The van der Waals surface area contributed by atoms with E-state index in [2.05, 4.69) is 18.3 Å². The summed E-state index contributed by atoms with van der Waals surface area (Å²) in [6, 6.07) is 0. The second kappa shape index (κ2) is 17.3. The van der Waals surface area contributed by atoms with Crippen molar-refractivity contribution in [1.82, 2.24) is 0 Å². The Morgan fingerprint density at radius 1 is 0.617 bits per heavy atom. The van der Waals surface area contributed by atoms with Gasteiger partial charge in [-0.1, -0.05) is 25.7 Å². The molecule has 0 aromatic carbocycles. The molecule has 0 saturated heterocycles. The van der Waals surface area contributed by atoms with Gasteiger partial charge in [0.15, 0.2) is 12.2 Å². The Labute approximate surface area is 277 Å². The van der Waals surface area contributed by atoms with E-state index in [1.54, 1.807) is 0 Å². The Balaban J connectivity index is 1.12. The van der Waals surface area contributed by atoms with E-state index < -0.39 is 35.7 Å². The van der Waals surface area contributed by atoms with Gasteiger partial charge < -0.3 is 29.2 Å². The van der Waals surface area contributed by atoms with Crippen molar-refractivity contribution in [2.75, 3.05) is 6.61 Å². The van der Waals surface area contributed by atoms with E-state index in [1.165, 1.54) is 6.42 Å². The van der Waals surface area contributed by atoms with Crippen LogP contribution in [-0.4, -0.2) is 65.2 Å². The van der Waals surface area contributed by atoms with Crippen LogP contribution < -0.4 is 0 Å². The highest BCUT2D eigenvalue weighted by Gasteiger charge is 2.47. The third-order valence-corrected chi connectivity index (χ3v) is 11.3. The highest BCUT2D eigenvalue weighted by atomic mass is 17.2. The van der Waals surface area contributed by atoms with Gasteiger partial charge in [0, 0.05) is 11.8 Å². The molecule has 0 spiro atoms. The molecule has 0 radical (unpaired) electrons. The van der Waals surface area contributed by atoms with Gasteiger partial charge in [-0.3, -0.25) is 14.4 Å². The van der Waals surface area contributed by atoms with Crippen LogP contribution in [0.3, 0.4) is 0 Å². The quantitative estimate of drug-likeness (QED) is 0.127. The molecule has 5 saturated carbocycles. The van der Waals surface area contributed by atoms with Crippen LogP contribution in [0.1, 0.15) is 109 Å². The molecule has 5 fully saturated rings. The smallest absolute Gasteiger partial charge is 0.310 e. The Kier molecular flexibility index (Phi) is 12.9. The number of esters is 1. The first-order valence-electron chi connectivity index (χ1n) is 17.7. The van der Waals surface area contributed by atoms with Gasteiger partial charge in [-0.15, -0.1) is 0 Å². The number of carboxylic acids is 2. The maximum atomic E-state index is 13.4. The summed E-state index contributed by atoms with van der Waals surface area (Å²) in [7, 11) is 0. The van der Waals surface area contributed by atoms with Crippen molar-refractivity contribution >= 4 is 17.9 Å². The van der Waals surface area contributed by atoms with Crippen LogP contribution in [0.25, 0.3) is 0 Å². The zero-order valence-electron chi connectivity index (χ0n) is 27.2. The minimum atomic E-state index is -1.01. The van der Waals surface area contributed by atoms with Gasteiger partial charge in [-0.2, -0.15) is 0 Å². The van der Waals surface area contributed by atoms with Crippen molar-refractivity contribution < 1.29 is 53.3 Å². The lowest BCUT2D eigenvalue weighted by Crippen LogP contribution is -2.47.